The SMILES string of the molecule is CC1(c2ccc(C(=O)O)c(Cl)c2)OCCO1. The van der Waals surface area contributed by atoms with Gasteiger partial charge in [-0.25, -0.2) is 4.79 Å². The number of halogens is 1. The summed E-state index contributed by atoms with van der Waals surface area (Å²) in [7, 11) is 0. The Balaban J connectivity index is 2.37. The van der Waals surface area contributed by atoms with E-state index in [1.165, 1.54) is 6.07 Å². The van der Waals surface area contributed by atoms with Crippen LogP contribution in [0.3, 0.4) is 0 Å². The molecule has 0 amide bonds. The summed E-state index contributed by atoms with van der Waals surface area (Å²) in [5, 5.41) is 9.02. The monoisotopic (exact) mass is 242 g/mol. The van der Waals surface area contributed by atoms with Gasteiger partial charge < -0.3 is 14.6 Å². The second-order valence-electron chi connectivity index (χ2n) is 3.64. The molecule has 86 valence electrons. The average molecular weight is 243 g/mol. The Morgan fingerprint density at radius 3 is 2.56 bits per heavy atom. The number of carbonyl (C=O) groups is 1. The summed E-state index contributed by atoms with van der Waals surface area (Å²) in [5.41, 5.74) is 0.798. The van der Waals surface area contributed by atoms with Gasteiger partial charge >= 0.3 is 5.97 Å². The highest BCUT2D eigenvalue weighted by atomic mass is 35.5. The van der Waals surface area contributed by atoms with Crippen molar-refractivity contribution < 1.29 is 19.4 Å². The van der Waals surface area contributed by atoms with Gasteiger partial charge in [-0.05, 0) is 19.1 Å². The van der Waals surface area contributed by atoms with Crippen LogP contribution in [0.15, 0.2) is 18.2 Å². The van der Waals surface area contributed by atoms with Crippen LogP contribution in [-0.2, 0) is 15.3 Å². The number of carboxylic acid groups (broad SMARTS) is 1. The number of hydrogen-bond acceptors (Lipinski definition) is 3. The van der Waals surface area contributed by atoms with Crippen LogP contribution < -0.4 is 0 Å². The summed E-state index contributed by atoms with van der Waals surface area (Å²) in [6.45, 7) is 2.83. The zero-order valence-electron chi connectivity index (χ0n) is 8.70. The van der Waals surface area contributed by atoms with Gasteiger partial charge in [-0.3, -0.25) is 0 Å². The van der Waals surface area contributed by atoms with Gasteiger partial charge in [0.25, 0.3) is 0 Å². The van der Waals surface area contributed by atoms with Gasteiger partial charge in [0.15, 0.2) is 5.79 Å². The van der Waals surface area contributed by atoms with Gasteiger partial charge in [0.1, 0.15) is 0 Å². The molecule has 4 nitrogen and oxygen atoms in total. The molecule has 1 heterocycles. The largest absolute Gasteiger partial charge is 0.478 e. The molecule has 1 aromatic rings. The van der Waals surface area contributed by atoms with E-state index < -0.39 is 11.8 Å². The molecular weight excluding hydrogens is 232 g/mol. The number of rotatable bonds is 2. The molecule has 0 aromatic heterocycles. The minimum atomic E-state index is -1.05. The summed E-state index contributed by atoms with van der Waals surface area (Å²) in [4.78, 5) is 10.8. The minimum Gasteiger partial charge on any atom is -0.478 e. The molecule has 2 rings (SSSR count). The molecule has 0 radical (unpaired) electrons. The molecule has 0 atom stereocenters. The molecule has 1 N–H and O–H groups in total. The van der Waals surface area contributed by atoms with E-state index in [2.05, 4.69) is 0 Å². The molecular formula is C11H11ClO4. The molecule has 1 aliphatic rings. The first kappa shape index (κ1) is 11.4. The molecule has 0 spiro atoms. The average Bonchev–Trinajstić information content (AvgIpc) is 2.66. The van der Waals surface area contributed by atoms with Gasteiger partial charge in [0, 0.05) is 5.56 Å². The fourth-order valence-electron chi connectivity index (χ4n) is 1.65. The Kier molecular flexibility index (Phi) is 2.88. The van der Waals surface area contributed by atoms with E-state index in [0.717, 1.165) is 5.56 Å². The van der Waals surface area contributed by atoms with Crippen LogP contribution in [0.1, 0.15) is 22.8 Å². The number of benzene rings is 1. The van der Waals surface area contributed by atoms with E-state index in [0.29, 0.717) is 13.2 Å². The number of aromatic carboxylic acids is 1. The normalized spacial score (nSPS) is 18.6. The summed E-state index contributed by atoms with van der Waals surface area (Å²) < 4.78 is 10.9. The minimum absolute atomic E-state index is 0.0759. The quantitative estimate of drug-likeness (QED) is 0.864. The Morgan fingerprint density at radius 1 is 1.44 bits per heavy atom. The molecule has 0 unspecified atom stereocenters. The maximum Gasteiger partial charge on any atom is 0.337 e. The molecule has 0 saturated carbocycles. The second-order valence-corrected chi connectivity index (χ2v) is 4.05. The van der Waals surface area contributed by atoms with Crippen LogP contribution in [0.4, 0.5) is 0 Å². The van der Waals surface area contributed by atoms with Crippen LogP contribution in [0.25, 0.3) is 0 Å². The maximum atomic E-state index is 10.8. The summed E-state index contributed by atoms with van der Waals surface area (Å²) in [5.74, 6) is -1.87. The van der Waals surface area contributed by atoms with Crippen LogP contribution in [0, 0.1) is 0 Å². The third-order valence-corrected chi connectivity index (χ3v) is 2.87. The predicted octanol–water partition coefficient (Wildman–Crippen LogP) is 2.26. The van der Waals surface area contributed by atoms with Crippen molar-refractivity contribution in [1.82, 2.24) is 0 Å². The van der Waals surface area contributed by atoms with Crippen molar-refractivity contribution >= 4 is 17.6 Å². The topological polar surface area (TPSA) is 55.8 Å². The van der Waals surface area contributed by atoms with Crippen molar-refractivity contribution in [2.45, 2.75) is 12.7 Å². The fourth-order valence-corrected chi connectivity index (χ4v) is 1.91. The number of ether oxygens (including phenoxy) is 2. The van der Waals surface area contributed by atoms with Crippen molar-refractivity contribution in [2.75, 3.05) is 13.2 Å². The van der Waals surface area contributed by atoms with E-state index in [4.69, 9.17) is 26.2 Å². The first-order chi connectivity index (χ1) is 7.53. The number of carboxylic acids is 1. The van der Waals surface area contributed by atoms with Gasteiger partial charge in [0.05, 0.1) is 23.8 Å². The molecule has 0 aliphatic carbocycles. The Morgan fingerprint density at radius 2 is 2.06 bits per heavy atom. The Labute approximate surface area is 97.7 Å². The molecule has 5 heteroatoms. The van der Waals surface area contributed by atoms with Crippen LogP contribution in [-0.4, -0.2) is 24.3 Å². The van der Waals surface area contributed by atoms with E-state index >= 15 is 0 Å². The van der Waals surface area contributed by atoms with Crippen LogP contribution in [0.5, 0.6) is 0 Å². The van der Waals surface area contributed by atoms with Gasteiger partial charge in [-0.15, -0.1) is 0 Å². The van der Waals surface area contributed by atoms with E-state index in [1.54, 1.807) is 19.1 Å². The van der Waals surface area contributed by atoms with Crippen molar-refractivity contribution in [3.8, 4) is 0 Å². The first-order valence-corrected chi connectivity index (χ1v) is 5.22. The molecule has 1 fully saturated rings. The highest BCUT2D eigenvalue weighted by Gasteiger charge is 2.33. The molecule has 1 saturated heterocycles. The molecule has 0 bridgehead atoms. The Hall–Kier alpha value is -1.10. The zero-order valence-corrected chi connectivity index (χ0v) is 9.45. The third-order valence-electron chi connectivity index (χ3n) is 2.56. The second kappa shape index (κ2) is 4.05. The lowest BCUT2D eigenvalue weighted by Gasteiger charge is -2.23. The van der Waals surface area contributed by atoms with Gasteiger partial charge in [-0.2, -0.15) is 0 Å². The van der Waals surface area contributed by atoms with Gasteiger partial charge in [0.2, 0.25) is 0 Å². The lowest BCUT2D eigenvalue weighted by molar-refractivity contribution is -0.149. The number of hydrogen-bond donors (Lipinski definition) is 1. The van der Waals surface area contributed by atoms with Crippen LogP contribution in [0.2, 0.25) is 5.02 Å². The summed E-state index contributed by atoms with van der Waals surface area (Å²) in [6, 6.07) is 4.67. The van der Waals surface area contributed by atoms with Crippen molar-refractivity contribution in [3.05, 3.63) is 34.3 Å². The van der Waals surface area contributed by atoms with Crippen LogP contribution >= 0.6 is 11.6 Å². The lowest BCUT2D eigenvalue weighted by Crippen LogP contribution is -2.22. The fraction of sp³-hybridized carbons (Fsp3) is 0.364. The van der Waals surface area contributed by atoms with Crippen molar-refractivity contribution in [2.24, 2.45) is 0 Å². The summed E-state index contributed by atoms with van der Waals surface area (Å²) in [6.07, 6.45) is 0. The van der Waals surface area contributed by atoms with E-state index in [1.807, 2.05) is 0 Å². The van der Waals surface area contributed by atoms with Gasteiger partial charge in [-0.1, -0.05) is 17.7 Å². The molecule has 16 heavy (non-hydrogen) atoms. The van der Waals surface area contributed by atoms with E-state index in [-0.39, 0.29) is 10.6 Å². The van der Waals surface area contributed by atoms with E-state index in [9.17, 15) is 4.79 Å². The highest BCUT2D eigenvalue weighted by Crippen LogP contribution is 2.33. The standard InChI is InChI=1S/C11H11ClO4/c1-11(15-4-5-16-11)7-2-3-8(10(13)14)9(12)6-7/h2-3,6H,4-5H2,1H3,(H,13,14). The predicted molar refractivity (Wildman–Crippen MR) is 57.7 cm³/mol. The summed E-state index contributed by atoms with van der Waals surface area (Å²) >= 11 is 5.87. The maximum absolute atomic E-state index is 10.8. The smallest absolute Gasteiger partial charge is 0.337 e. The zero-order chi connectivity index (χ0) is 11.8. The molecule has 1 aliphatic heterocycles. The Bertz CT molecular complexity index is 424. The lowest BCUT2D eigenvalue weighted by atomic mass is 10.1. The molecule has 1 aromatic carbocycles. The van der Waals surface area contributed by atoms with Crippen molar-refractivity contribution in [3.63, 3.8) is 0 Å². The first-order valence-electron chi connectivity index (χ1n) is 4.84. The highest BCUT2D eigenvalue weighted by molar-refractivity contribution is 6.33. The van der Waals surface area contributed by atoms with Crippen molar-refractivity contribution in [1.29, 1.82) is 0 Å². The third kappa shape index (κ3) is 1.91.